The highest BCUT2D eigenvalue weighted by Gasteiger charge is 2.33. The van der Waals surface area contributed by atoms with Crippen molar-refractivity contribution in [1.29, 1.82) is 0 Å². The van der Waals surface area contributed by atoms with Crippen molar-refractivity contribution < 1.29 is 9.59 Å². The second-order valence-electron chi connectivity index (χ2n) is 8.15. The van der Waals surface area contributed by atoms with Crippen molar-refractivity contribution in [3.63, 3.8) is 0 Å². The van der Waals surface area contributed by atoms with Gasteiger partial charge in [-0.2, -0.15) is 0 Å². The van der Waals surface area contributed by atoms with E-state index in [1.165, 1.54) is 16.2 Å². The number of benzene rings is 1. The van der Waals surface area contributed by atoms with Crippen LogP contribution in [0.2, 0.25) is 0 Å². The summed E-state index contributed by atoms with van der Waals surface area (Å²) in [7, 11) is 0. The SMILES string of the molecule is Cc1ccccc1C(=O)Nc1sc2c(c1C(N)=O)CC[C@H](C(C)(C)C)C2. The fraction of sp³-hybridized carbons (Fsp3) is 0.429. The lowest BCUT2D eigenvalue weighted by Gasteiger charge is -2.33. The number of rotatable bonds is 3. The summed E-state index contributed by atoms with van der Waals surface area (Å²) < 4.78 is 0. The summed E-state index contributed by atoms with van der Waals surface area (Å²) in [5.41, 5.74) is 8.93. The molecule has 3 rings (SSSR count). The van der Waals surface area contributed by atoms with Crippen LogP contribution in [0, 0.1) is 18.3 Å². The number of amides is 2. The van der Waals surface area contributed by atoms with Gasteiger partial charge in [-0.25, -0.2) is 0 Å². The molecule has 3 N–H and O–H groups in total. The van der Waals surface area contributed by atoms with E-state index in [1.54, 1.807) is 6.07 Å². The van der Waals surface area contributed by atoms with Crippen LogP contribution in [0.4, 0.5) is 5.00 Å². The summed E-state index contributed by atoms with van der Waals surface area (Å²) in [6.07, 6.45) is 2.81. The number of fused-ring (bicyclic) bond motifs is 1. The number of primary amides is 1. The molecule has 2 aromatic rings. The molecule has 1 aromatic carbocycles. The maximum absolute atomic E-state index is 12.7. The summed E-state index contributed by atoms with van der Waals surface area (Å²) in [6, 6.07) is 7.43. The van der Waals surface area contributed by atoms with Gasteiger partial charge in [0.1, 0.15) is 5.00 Å². The van der Waals surface area contributed by atoms with Crippen LogP contribution in [0.15, 0.2) is 24.3 Å². The molecule has 0 unspecified atom stereocenters. The van der Waals surface area contributed by atoms with Gasteiger partial charge >= 0.3 is 0 Å². The average molecular weight is 371 g/mol. The van der Waals surface area contributed by atoms with Crippen LogP contribution in [0.5, 0.6) is 0 Å². The zero-order valence-corrected chi connectivity index (χ0v) is 16.6. The highest BCUT2D eigenvalue weighted by Crippen LogP contribution is 2.44. The Hall–Kier alpha value is -2.14. The Bertz CT molecular complexity index is 861. The van der Waals surface area contributed by atoms with Crippen LogP contribution in [-0.4, -0.2) is 11.8 Å². The van der Waals surface area contributed by atoms with Crippen molar-refractivity contribution in [1.82, 2.24) is 0 Å². The summed E-state index contributed by atoms with van der Waals surface area (Å²) in [4.78, 5) is 26.0. The first-order valence-corrected chi connectivity index (χ1v) is 9.81. The van der Waals surface area contributed by atoms with E-state index in [9.17, 15) is 9.59 Å². The minimum atomic E-state index is -0.461. The van der Waals surface area contributed by atoms with Gasteiger partial charge in [0.05, 0.1) is 5.56 Å². The molecule has 0 saturated carbocycles. The van der Waals surface area contributed by atoms with Gasteiger partial charge in [-0.15, -0.1) is 11.3 Å². The van der Waals surface area contributed by atoms with Gasteiger partial charge in [0.25, 0.3) is 11.8 Å². The Morgan fingerprint density at radius 1 is 1.23 bits per heavy atom. The predicted octanol–water partition coefficient (Wildman–Crippen LogP) is 4.56. The molecule has 0 radical (unpaired) electrons. The molecule has 26 heavy (non-hydrogen) atoms. The molecule has 1 aliphatic carbocycles. The van der Waals surface area contributed by atoms with E-state index in [2.05, 4.69) is 26.1 Å². The van der Waals surface area contributed by atoms with Crippen molar-refractivity contribution in [2.45, 2.75) is 47.0 Å². The Kier molecular flexibility index (Phi) is 4.93. The van der Waals surface area contributed by atoms with Crippen LogP contribution in [-0.2, 0) is 12.8 Å². The van der Waals surface area contributed by atoms with Crippen LogP contribution in [0.3, 0.4) is 0 Å². The van der Waals surface area contributed by atoms with Gasteiger partial charge in [-0.1, -0.05) is 39.0 Å². The lowest BCUT2D eigenvalue weighted by atomic mass is 9.72. The lowest BCUT2D eigenvalue weighted by Crippen LogP contribution is -2.27. The number of thiophene rings is 1. The zero-order chi connectivity index (χ0) is 19.1. The molecule has 1 aromatic heterocycles. The highest BCUT2D eigenvalue weighted by molar-refractivity contribution is 7.17. The third kappa shape index (κ3) is 3.54. The minimum absolute atomic E-state index is 0.198. The molecule has 1 aliphatic rings. The number of aryl methyl sites for hydroxylation is 1. The Labute approximate surface area is 158 Å². The first-order chi connectivity index (χ1) is 12.2. The van der Waals surface area contributed by atoms with Crippen molar-refractivity contribution in [2.24, 2.45) is 17.1 Å². The van der Waals surface area contributed by atoms with Crippen LogP contribution in [0.1, 0.15) is 63.9 Å². The van der Waals surface area contributed by atoms with Crippen LogP contribution < -0.4 is 11.1 Å². The van der Waals surface area contributed by atoms with E-state index in [0.29, 0.717) is 22.0 Å². The Morgan fingerprint density at radius 2 is 1.92 bits per heavy atom. The maximum Gasteiger partial charge on any atom is 0.256 e. The normalized spacial score (nSPS) is 16.8. The summed E-state index contributed by atoms with van der Waals surface area (Å²) in [5.74, 6) is -0.0948. The molecule has 5 heteroatoms. The second kappa shape index (κ2) is 6.88. The number of hydrogen-bond donors (Lipinski definition) is 2. The zero-order valence-electron chi connectivity index (χ0n) is 15.8. The third-order valence-corrected chi connectivity index (χ3v) is 6.52. The summed E-state index contributed by atoms with van der Waals surface area (Å²) >= 11 is 1.51. The standard InChI is InChI=1S/C21H26N2O2S/c1-12-7-5-6-8-14(12)19(25)23-20-17(18(22)24)15-10-9-13(21(2,3)4)11-16(15)26-20/h5-8,13H,9-11H2,1-4H3,(H2,22,24)(H,23,25)/t13-/m0/s1. The predicted molar refractivity (Wildman–Crippen MR) is 107 cm³/mol. The van der Waals surface area contributed by atoms with Crippen molar-refractivity contribution in [3.8, 4) is 0 Å². The summed E-state index contributed by atoms with van der Waals surface area (Å²) in [6.45, 7) is 8.67. The van der Waals surface area contributed by atoms with E-state index < -0.39 is 5.91 Å². The minimum Gasteiger partial charge on any atom is -0.365 e. The number of hydrogen-bond acceptors (Lipinski definition) is 3. The topological polar surface area (TPSA) is 72.2 Å². The smallest absolute Gasteiger partial charge is 0.256 e. The molecule has 138 valence electrons. The van der Waals surface area contributed by atoms with E-state index in [1.807, 2.05) is 25.1 Å². The third-order valence-electron chi connectivity index (χ3n) is 5.35. The van der Waals surface area contributed by atoms with Gasteiger partial charge in [-0.05, 0) is 54.7 Å². The van der Waals surface area contributed by atoms with Gasteiger partial charge in [-0.3, -0.25) is 9.59 Å². The van der Waals surface area contributed by atoms with Crippen LogP contribution in [0.25, 0.3) is 0 Å². The molecular formula is C21H26N2O2S. The van der Waals surface area contributed by atoms with Gasteiger partial charge in [0.15, 0.2) is 0 Å². The molecule has 2 amide bonds. The quantitative estimate of drug-likeness (QED) is 0.831. The fourth-order valence-electron chi connectivity index (χ4n) is 3.67. The Balaban J connectivity index is 1.94. The van der Waals surface area contributed by atoms with Crippen LogP contribution >= 0.6 is 11.3 Å². The number of nitrogens with two attached hydrogens (primary N) is 1. The monoisotopic (exact) mass is 370 g/mol. The first kappa shape index (κ1) is 18.6. The number of nitrogens with one attached hydrogen (secondary N) is 1. The number of anilines is 1. The molecule has 1 heterocycles. The average Bonchev–Trinajstić information content (AvgIpc) is 2.91. The van der Waals surface area contributed by atoms with E-state index >= 15 is 0 Å². The van der Waals surface area contributed by atoms with Crippen molar-refractivity contribution >= 4 is 28.2 Å². The molecule has 0 aliphatic heterocycles. The van der Waals surface area contributed by atoms with E-state index in [4.69, 9.17) is 5.73 Å². The van der Waals surface area contributed by atoms with Crippen molar-refractivity contribution in [3.05, 3.63) is 51.4 Å². The first-order valence-electron chi connectivity index (χ1n) is 8.99. The van der Waals surface area contributed by atoms with Crippen molar-refractivity contribution in [2.75, 3.05) is 5.32 Å². The fourth-order valence-corrected chi connectivity index (χ4v) is 5.00. The number of carbonyl (C=O) groups excluding carboxylic acids is 2. The number of carbonyl (C=O) groups is 2. The highest BCUT2D eigenvalue weighted by atomic mass is 32.1. The van der Waals surface area contributed by atoms with Gasteiger partial charge in [0, 0.05) is 10.4 Å². The van der Waals surface area contributed by atoms with E-state index in [0.717, 1.165) is 30.4 Å². The molecule has 0 spiro atoms. The second-order valence-corrected chi connectivity index (χ2v) is 9.25. The molecular weight excluding hydrogens is 344 g/mol. The maximum atomic E-state index is 12.7. The largest absolute Gasteiger partial charge is 0.365 e. The lowest BCUT2D eigenvalue weighted by molar-refractivity contribution is 0.1000. The Morgan fingerprint density at radius 3 is 2.54 bits per heavy atom. The van der Waals surface area contributed by atoms with E-state index in [-0.39, 0.29) is 11.3 Å². The molecule has 0 saturated heterocycles. The molecule has 0 bridgehead atoms. The summed E-state index contributed by atoms with van der Waals surface area (Å²) in [5, 5.41) is 3.53. The van der Waals surface area contributed by atoms with Gasteiger partial charge < -0.3 is 11.1 Å². The molecule has 1 atom stereocenters. The molecule has 4 nitrogen and oxygen atoms in total. The molecule has 0 fully saturated rings. The van der Waals surface area contributed by atoms with Gasteiger partial charge in [0.2, 0.25) is 0 Å².